The number of hydrogen-bond donors (Lipinski definition) is 3. The van der Waals surface area contributed by atoms with Gasteiger partial charge in [-0.25, -0.2) is 27.5 Å². The number of hydrogen-bond acceptors (Lipinski definition) is 21. The van der Waals surface area contributed by atoms with Crippen LogP contribution in [0.5, 0.6) is 11.5 Å². The largest absolute Gasteiger partial charge is 0.573 e. The molecule has 0 bridgehead atoms. The number of anilines is 4. The third kappa shape index (κ3) is 18.4. The lowest BCUT2D eigenvalue weighted by atomic mass is 9.93. The Labute approximate surface area is 605 Å². The van der Waals surface area contributed by atoms with E-state index in [0.29, 0.717) is 146 Å². The molecule has 0 radical (unpaired) electrons. The fourth-order valence-corrected chi connectivity index (χ4v) is 14.6. The Hall–Kier alpha value is -10.3. The number of Topliss-reactive ketones (excluding diaryl/α,β-unsaturated/α-hetero) is 4. The van der Waals surface area contributed by atoms with Crippen molar-refractivity contribution in [3.05, 3.63) is 154 Å². The van der Waals surface area contributed by atoms with Gasteiger partial charge in [0.05, 0.1) is 90.2 Å². The van der Waals surface area contributed by atoms with Crippen molar-refractivity contribution in [3.63, 3.8) is 0 Å². The molecule has 4 unspecified atom stereocenters. The number of aromatic nitrogens is 6. The van der Waals surface area contributed by atoms with Crippen molar-refractivity contribution in [1.82, 2.24) is 49.1 Å². The number of halogens is 10. The molecule has 107 heavy (non-hydrogen) atoms. The lowest BCUT2D eigenvalue weighted by Gasteiger charge is -2.46. The summed E-state index contributed by atoms with van der Waals surface area (Å²) in [6, 6.07) is 16.2. The number of benzene rings is 2. The molecule has 2 saturated carbocycles. The maximum atomic E-state index is 15.8. The fraction of sp³-hybridized carbons (Fsp3) is 0.419. The Morgan fingerprint density at radius 3 is 1.48 bits per heavy atom. The first kappa shape index (κ1) is 76.4. The lowest BCUT2D eigenvalue weighted by Crippen LogP contribution is -2.61. The summed E-state index contributed by atoms with van der Waals surface area (Å²) >= 11 is 0. The van der Waals surface area contributed by atoms with Gasteiger partial charge in [-0.1, -0.05) is 18.2 Å². The molecule has 0 spiro atoms. The van der Waals surface area contributed by atoms with Crippen molar-refractivity contribution < 1.29 is 77.4 Å². The highest BCUT2D eigenvalue weighted by atomic mass is 19.4. The van der Waals surface area contributed by atoms with Crippen LogP contribution in [-0.4, -0.2) is 200 Å². The topological polar surface area (TPSA) is 252 Å². The predicted octanol–water partition coefficient (Wildman–Crippen LogP) is 9.64. The molecule has 2 aromatic carbocycles. The first-order valence-corrected chi connectivity index (χ1v) is 34.8. The molecule has 6 aliphatic rings. The van der Waals surface area contributed by atoms with Crippen molar-refractivity contribution in [3.8, 4) is 33.8 Å². The Balaban J connectivity index is 0.000000166. The predicted molar refractivity (Wildman–Crippen MR) is 377 cm³/mol. The van der Waals surface area contributed by atoms with Crippen LogP contribution in [0, 0.1) is 0 Å². The lowest BCUT2D eigenvalue weighted by molar-refractivity contribution is -0.275. The van der Waals surface area contributed by atoms with Crippen LogP contribution in [0.1, 0.15) is 67.3 Å². The number of ether oxygens (including phenoxy) is 2. The normalized spacial score (nSPS) is 21.1. The number of ketones is 4. The van der Waals surface area contributed by atoms with E-state index in [-0.39, 0.29) is 96.6 Å². The summed E-state index contributed by atoms with van der Waals surface area (Å²) < 4.78 is 149. The highest BCUT2D eigenvalue weighted by Crippen LogP contribution is 2.39. The van der Waals surface area contributed by atoms with Gasteiger partial charge in [0.25, 0.3) is 23.0 Å². The van der Waals surface area contributed by atoms with Crippen LogP contribution >= 0.6 is 0 Å². The molecule has 8 aromatic rings. The van der Waals surface area contributed by atoms with Gasteiger partial charge in [0, 0.05) is 146 Å². The molecule has 4 aliphatic heterocycles. The molecule has 14 rings (SSSR count). The molecule has 6 fully saturated rings. The quantitative estimate of drug-likeness (QED) is 0.0490. The fourth-order valence-electron chi connectivity index (χ4n) is 14.6. The molecule has 6 aromatic heterocycles. The number of piperidine rings is 2. The molecule has 3 N–H and O–H groups in total. The number of nitrogens with zero attached hydrogens (tertiary/aromatic N) is 11. The van der Waals surface area contributed by atoms with Crippen LogP contribution in [0.4, 0.5) is 66.9 Å². The van der Waals surface area contributed by atoms with Gasteiger partial charge in [0.2, 0.25) is 0 Å². The zero-order valence-electron chi connectivity index (χ0n) is 58.2. The van der Waals surface area contributed by atoms with Crippen LogP contribution in [0.15, 0.2) is 132 Å². The van der Waals surface area contributed by atoms with Gasteiger partial charge in [-0.2, -0.15) is 0 Å². The second kappa shape index (κ2) is 32.1. The van der Waals surface area contributed by atoms with Gasteiger partial charge in [0.1, 0.15) is 34.7 Å². The number of carbonyl (C=O) groups is 5. The molecule has 566 valence electrons. The number of piperazine rings is 2. The molecular weight excluding hydrogens is 1420 g/mol. The molecular formula is C74H76F10N14O9. The van der Waals surface area contributed by atoms with Crippen LogP contribution < -0.4 is 46.3 Å². The van der Waals surface area contributed by atoms with Crippen molar-refractivity contribution >= 4 is 74.0 Å². The zero-order valence-corrected chi connectivity index (χ0v) is 58.2. The Bertz CT molecular complexity index is 4720. The standard InChI is InChI=1S/C37H38F5N7O4.C20H27F2N5O2.C17H11F3N2O3/c1-46-21-29(27-8-10-43-19-28(27)35(46)52)23-2-3-24(32(16-23)53-37(40,41)42)20-47-11-9-33(36(38,39)22-47)49-14-12-48(13-15-49)25-4-7-34(44-18-25)45-30-6-5-26(50)17-31(30)51;21-20(22)13-23-6-5-18(20)27-9-7-26(8-10-27)14-1-4-19(24-12-14)25-16-3-2-15(28)11-17(16)29;1-22-8-14(12-4-5-21-7-13(12)16(22)24)10-2-3-11(9-23)15(6-10)25-17(18,19)20/h2-4,7-8,10,16,18-19,21,30,33H,5-6,9,11-15,17,20,22H2,1H3,(H,44,45);1,4,12,16,18,23H,2-3,5-11,13H2,(H,24,25);2-9H,1H3. The Kier molecular flexibility index (Phi) is 22.9. The molecule has 4 atom stereocenters. The number of aryl methyl sites for hydroxylation is 2. The van der Waals surface area contributed by atoms with Crippen molar-refractivity contribution in [2.45, 2.75) is 107 Å². The maximum absolute atomic E-state index is 15.8. The number of carbonyl (C=O) groups excluding carboxylic acids is 5. The monoisotopic (exact) mass is 1490 g/mol. The van der Waals surface area contributed by atoms with Crippen molar-refractivity contribution in [2.24, 2.45) is 14.1 Å². The van der Waals surface area contributed by atoms with E-state index in [1.807, 2.05) is 23.1 Å². The van der Waals surface area contributed by atoms with E-state index in [4.69, 9.17) is 0 Å². The summed E-state index contributed by atoms with van der Waals surface area (Å²) in [7, 11) is 3.07. The highest BCUT2D eigenvalue weighted by molar-refractivity contribution is 6.06. The van der Waals surface area contributed by atoms with Gasteiger partial charge >= 0.3 is 12.7 Å². The second-order valence-electron chi connectivity index (χ2n) is 27.3. The summed E-state index contributed by atoms with van der Waals surface area (Å²) in [5.41, 5.74) is 2.82. The first-order chi connectivity index (χ1) is 51.0. The summed E-state index contributed by atoms with van der Waals surface area (Å²) in [5.74, 6) is -6.06. The molecule has 33 heteroatoms. The Morgan fingerprint density at radius 2 is 1.03 bits per heavy atom. The van der Waals surface area contributed by atoms with Crippen molar-refractivity contribution in [2.75, 3.05) is 99.0 Å². The van der Waals surface area contributed by atoms with Gasteiger partial charge < -0.3 is 44.4 Å². The third-order valence-electron chi connectivity index (χ3n) is 20.1. The van der Waals surface area contributed by atoms with Gasteiger partial charge in [-0.3, -0.25) is 58.2 Å². The SMILES string of the molecule is Cn1cc(-c2ccc(C=O)c(OC(F)(F)F)c2)c2ccncc2c1=O.Cn1cc(-c2ccc(CN3CCC(N4CCN(c5ccc(NC6CCC(=O)CC6=O)nc5)CC4)C(F)(F)C3)c(OC(F)(F)F)c2)c2ccncc2c1=O.O=C1CCC(Nc2ccc(N3CCN(C4CCNCC4(F)F)CC3)cn2)C(=O)C1. The molecule has 2 aliphatic carbocycles. The third-order valence-corrected chi connectivity index (χ3v) is 20.1. The first-order valence-electron chi connectivity index (χ1n) is 34.8. The number of nitrogens with one attached hydrogen (secondary N) is 3. The average Bonchev–Trinajstić information content (AvgIpc) is 0.772. The summed E-state index contributed by atoms with van der Waals surface area (Å²) in [4.78, 5) is 109. The van der Waals surface area contributed by atoms with E-state index >= 15 is 8.78 Å². The average molecular weight is 1500 g/mol. The molecule has 4 saturated heterocycles. The van der Waals surface area contributed by atoms with Crippen LogP contribution in [0.25, 0.3) is 43.8 Å². The Morgan fingerprint density at radius 1 is 0.551 bits per heavy atom. The number of fused-ring (bicyclic) bond motifs is 2. The number of likely N-dealkylation sites (tertiary alicyclic amines) is 1. The smallest absolute Gasteiger partial charge is 0.405 e. The minimum Gasteiger partial charge on any atom is -0.405 e. The number of alkyl halides is 10. The number of rotatable bonds is 15. The molecule has 0 amide bonds. The van der Waals surface area contributed by atoms with E-state index in [2.05, 4.69) is 55.2 Å². The summed E-state index contributed by atoms with van der Waals surface area (Å²) in [6.45, 7) is 4.19. The van der Waals surface area contributed by atoms with Gasteiger partial charge in [-0.15, -0.1) is 26.3 Å². The van der Waals surface area contributed by atoms with Crippen molar-refractivity contribution in [1.29, 1.82) is 0 Å². The van der Waals surface area contributed by atoms with Gasteiger partial charge in [-0.05, 0) is 109 Å². The van der Waals surface area contributed by atoms with Crippen LogP contribution in [-0.2, 0) is 39.8 Å². The maximum Gasteiger partial charge on any atom is 0.573 e. The second-order valence-corrected chi connectivity index (χ2v) is 27.3. The minimum absolute atomic E-state index is 0.00208. The summed E-state index contributed by atoms with van der Waals surface area (Å²) in [5, 5.41) is 10.7. The summed E-state index contributed by atoms with van der Waals surface area (Å²) in [6.07, 6.45) is 4.81. The molecule has 23 nitrogen and oxygen atoms in total. The van der Waals surface area contributed by atoms with E-state index in [1.165, 1.54) is 89.6 Å². The van der Waals surface area contributed by atoms with E-state index in [1.54, 1.807) is 41.6 Å². The van der Waals surface area contributed by atoms with Crippen LogP contribution in [0.2, 0.25) is 0 Å². The number of aldehydes is 1. The number of pyridine rings is 6. The van der Waals surface area contributed by atoms with E-state index < -0.39 is 60.7 Å². The minimum atomic E-state index is -5.02. The van der Waals surface area contributed by atoms with E-state index in [0.717, 1.165) is 17.4 Å². The highest BCUT2D eigenvalue weighted by Gasteiger charge is 2.49. The van der Waals surface area contributed by atoms with E-state index in [9.17, 15) is 68.7 Å². The van der Waals surface area contributed by atoms with Crippen LogP contribution in [0.3, 0.4) is 0 Å². The van der Waals surface area contributed by atoms with Gasteiger partial charge in [0.15, 0.2) is 17.9 Å². The molecule has 10 heterocycles. The zero-order chi connectivity index (χ0) is 76.1.